The molecular weight excluding hydrogens is 272 g/mol. The number of thiocarbonyl (C=S) groups is 1. The second-order valence-corrected chi connectivity index (χ2v) is 5.38. The molecule has 0 bridgehead atoms. The maximum Gasteiger partial charge on any atom is 0.171 e. The van der Waals surface area contributed by atoms with E-state index in [2.05, 4.69) is 10.6 Å². The van der Waals surface area contributed by atoms with Crippen LogP contribution in [0, 0.1) is 0 Å². The molecule has 1 unspecified atom stereocenters. The third kappa shape index (κ3) is 2.29. The number of carbonyl (C=O) groups is 1. The Hall–Kier alpha value is -1.88. The smallest absolute Gasteiger partial charge is 0.171 e. The van der Waals surface area contributed by atoms with Crippen LogP contribution in [0.2, 0.25) is 0 Å². The number of ether oxygens (including phenoxy) is 1. The van der Waals surface area contributed by atoms with Crippen molar-refractivity contribution < 1.29 is 9.53 Å². The van der Waals surface area contributed by atoms with E-state index in [1.807, 2.05) is 24.3 Å². The Kier molecular flexibility index (Phi) is 3.44. The van der Waals surface area contributed by atoms with Crippen LogP contribution in [-0.2, 0) is 4.79 Å². The van der Waals surface area contributed by atoms with Crippen molar-refractivity contribution in [2.75, 3.05) is 7.11 Å². The van der Waals surface area contributed by atoms with Crippen molar-refractivity contribution in [3.8, 4) is 5.75 Å². The van der Waals surface area contributed by atoms with E-state index in [4.69, 9.17) is 17.0 Å². The van der Waals surface area contributed by atoms with Crippen molar-refractivity contribution in [3.05, 3.63) is 41.1 Å². The van der Waals surface area contributed by atoms with Crippen molar-refractivity contribution in [2.24, 2.45) is 0 Å². The molecule has 4 nitrogen and oxygen atoms in total. The van der Waals surface area contributed by atoms with Gasteiger partial charge in [-0.15, -0.1) is 0 Å². The average Bonchev–Trinajstić information content (AvgIpc) is 2.46. The maximum absolute atomic E-state index is 12.2. The fourth-order valence-electron chi connectivity index (χ4n) is 2.75. The monoisotopic (exact) mass is 288 g/mol. The first-order valence-corrected chi connectivity index (χ1v) is 7.07. The van der Waals surface area contributed by atoms with E-state index < -0.39 is 0 Å². The van der Waals surface area contributed by atoms with Crippen molar-refractivity contribution >= 4 is 23.1 Å². The van der Waals surface area contributed by atoms with Gasteiger partial charge < -0.3 is 15.4 Å². The Labute approximate surface area is 123 Å². The van der Waals surface area contributed by atoms with E-state index in [0.29, 0.717) is 11.5 Å². The Morgan fingerprint density at radius 1 is 1.25 bits per heavy atom. The minimum Gasteiger partial charge on any atom is -0.497 e. The molecule has 0 fully saturated rings. The molecule has 1 aliphatic carbocycles. The van der Waals surface area contributed by atoms with Crippen LogP contribution in [0.5, 0.6) is 5.75 Å². The molecule has 1 aromatic rings. The second kappa shape index (κ2) is 5.25. The number of Topliss-reactive ketones (excluding diaryl/α,β-unsaturated/α-hetero) is 1. The number of rotatable bonds is 2. The van der Waals surface area contributed by atoms with E-state index in [-0.39, 0.29) is 11.8 Å². The van der Waals surface area contributed by atoms with Crippen LogP contribution >= 0.6 is 12.2 Å². The summed E-state index contributed by atoms with van der Waals surface area (Å²) in [6.07, 6.45) is 2.39. The molecule has 20 heavy (non-hydrogen) atoms. The van der Waals surface area contributed by atoms with Gasteiger partial charge in [-0.3, -0.25) is 4.79 Å². The molecule has 2 aliphatic rings. The van der Waals surface area contributed by atoms with Gasteiger partial charge in [0.25, 0.3) is 0 Å². The van der Waals surface area contributed by atoms with Gasteiger partial charge in [0, 0.05) is 17.7 Å². The fourth-order valence-corrected chi connectivity index (χ4v) is 2.99. The highest BCUT2D eigenvalue weighted by molar-refractivity contribution is 7.80. The summed E-state index contributed by atoms with van der Waals surface area (Å²) in [6.45, 7) is 0. The molecule has 0 radical (unpaired) electrons. The van der Waals surface area contributed by atoms with Gasteiger partial charge in [-0.1, -0.05) is 12.1 Å². The average molecular weight is 288 g/mol. The normalized spacial score (nSPS) is 21.9. The lowest BCUT2D eigenvalue weighted by atomic mass is 9.85. The van der Waals surface area contributed by atoms with E-state index >= 15 is 0 Å². The summed E-state index contributed by atoms with van der Waals surface area (Å²) in [5.74, 6) is 1.00. The van der Waals surface area contributed by atoms with E-state index in [9.17, 15) is 4.79 Å². The number of methoxy groups -OCH3 is 1. The third-order valence-electron chi connectivity index (χ3n) is 3.73. The molecule has 1 aliphatic heterocycles. The number of nitrogens with one attached hydrogen (secondary N) is 2. The highest BCUT2D eigenvalue weighted by Crippen LogP contribution is 2.33. The van der Waals surface area contributed by atoms with Crippen molar-refractivity contribution in [3.63, 3.8) is 0 Å². The van der Waals surface area contributed by atoms with Crippen molar-refractivity contribution in [2.45, 2.75) is 25.3 Å². The van der Waals surface area contributed by atoms with Crippen LogP contribution < -0.4 is 15.4 Å². The Balaban J connectivity index is 2.01. The molecule has 0 amide bonds. The largest absolute Gasteiger partial charge is 0.497 e. The highest BCUT2D eigenvalue weighted by atomic mass is 32.1. The highest BCUT2D eigenvalue weighted by Gasteiger charge is 2.32. The molecule has 0 aromatic heterocycles. The van der Waals surface area contributed by atoms with Crippen LogP contribution in [-0.4, -0.2) is 18.0 Å². The summed E-state index contributed by atoms with van der Waals surface area (Å²) in [7, 11) is 1.64. The topological polar surface area (TPSA) is 50.4 Å². The lowest BCUT2D eigenvalue weighted by Gasteiger charge is -2.33. The van der Waals surface area contributed by atoms with Crippen LogP contribution in [0.1, 0.15) is 30.9 Å². The number of hydrogen-bond donors (Lipinski definition) is 2. The van der Waals surface area contributed by atoms with Gasteiger partial charge in [0.2, 0.25) is 0 Å². The molecule has 0 spiro atoms. The zero-order valence-electron chi connectivity index (χ0n) is 11.2. The molecule has 2 N–H and O–H groups in total. The molecule has 0 saturated carbocycles. The SMILES string of the molecule is COc1ccc(C2NC(=S)NC3=C2C(=O)CCC3)cc1. The first-order valence-electron chi connectivity index (χ1n) is 6.67. The van der Waals surface area contributed by atoms with Gasteiger partial charge in [0.1, 0.15) is 5.75 Å². The minimum atomic E-state index is -0.155. The third-order valence-corrected chi connectivity index (χ3v) is 3.95. The summed E-state index contributed by atoms with van der Waals surface area (Å²) in [4.78, 5) is 12.2. The fraction of sp³-hybridized carbons (Fsp3) is 0.333. The quantitative estimate of drug-likeness (QED) is 0.817. The van der Waals surface area contributed by atoms with Crippen molar-refractivity contribution in [1.29, 1.82) is 0 Å². The number of ketones is 1. The standard InChI is InChI=1S/C15H16N2O2S/c1-19-10-7-5-9(6-8-10)14-13-11(16-15(20)17-14)3-2-4-12(13)18/h5-8,14H,2-4H2,1H3,(H2,16,17,20). The minimum absolute atomic E-state index is 0.155. The first kappa shape index (κ1) is 13.1. The van der Waals surface area contributed by atoms with Crippen LogP contribution in [0.3, 0.4) is 0 Å². The van der Waals surface area contributed by atoms with E-state index in [0.717, 1.165) is 35.4 Å². The molecule has 1 aromatic carbocycles. The number of allylic oxidation sites excluding steroid dienone is 1. The van der Waals surface area contributed by atoms with Crippen LogP contribution in [0.25, 0.3) is 0 Å². The van der Waals surface area contributed by atoms with Crippen LogP contribution in [0.15, 0.2) is 35.5 Å². The van der Waals surface area contributed by atoms with E-state index in [1.54, 1.807) is 7.11 Å². The Morgan fingerprint density at radius 2 is 2.00 bits per heavy atom. The molecule has 5 heteroatoms. The summed E-state index contributed by atoms with van der Waals surface area (Å²) in [6, 6.07) is 7.58. The summed E-state index contributed by atoms with van der Waals surface area (Å²) in [5.41, 5.74) is 2.83. The predicted molar refractivity (Wildman–Crippen MR) is 80.5 cm³/mol. The van der Waals surface area contributed by atoms with Gasteiger partial charge in [-0.05, 0) is 42.8 Å². The number of hydrogen-bond acceptors (Lipinski definition) is 3. The zero-order chi connectivity index (χ0) is 14.1. The van der Waals surface area contributed by atoms with Gasteiger partial charge >= 0.3 is 0 Å². The summed E-state index contributed by atoms with van der Waals surface area (Å²) >= 11 is 5.25. The molecule has 0 saturated heterocycles. The molecule has 1 heterocycles. The van der Waals surface area contributed by atoms with Gasteiger partial charge in [0.05, 0.1) is 13.2 Å². The number of benzene rings is 1. The van der Waals surface area contributed by atoms with Gasteiger partial charge in [-0.25, -0.2) is 0 Å². The molecule has 104 valence electrons. The van der Waals surface area contributed by atoms with Gasteiger partial charge in [-0.2, -0.15) is 0 Å². The van der Waals surface area contributed by atoms with Crippen molar-refractivity contribution in [1.82, 2.24) is 10.6 Å². The van der Waals surface area contributed by atoms with Crippen LogP contribution in [0.4, 0.5) is 0 Å². The lowest BCUT2D eigenvalue weighted by molar-refractivity contribution is -0.116. The maximum atomic E-state index is 12.2. The molecular formula is C15H16N2O2S. The first-order chi connectivity index (χ1) is 9.69. The molecule has 1 atom stereocenters. The second-order valence-electron chi connectivity index (χ2n) is 4.97. The van der Waals surface area contributed by atoms with Gasteiger partial charge in [0.15, 0.2) is 10.9 Å². The Bertz CT molecular complexity index is 592. The lowest BCUT2D eigenvalue weighted by Crippen LogP contribution is -2.46. The summed E-state index contributed by atoms with van der Waals surface area (Å²) in [5, 5.41) is 6.91. The predicted octanol–water partition coefficient (Wildman–Crippen LogP) is 2.22. The Morgan fingerprint density at radius 3 is 2.70 bits per heavy atom. The zero-order valence-corrected chi connectivity index (χ0v) is 12.0. The summed E-state index contributed by atoms with van der Waals surface area (Å²) < 4.78 is 5.17. The number of carbonyl (C=O) groups excluding carboxylic acids is 1. The molecule has 3 rings (SSSR count). The van der Waals surface area contributed by atoms with E-state index in [1.165, 1.54) is 0 Å².